The third-order valence-electron chi connectivity index (χ3n) is 3.78. The van der Waals surface area contributed by atoms with Gasteiger partial charge in [0.1, 0.15) is 29.8 Å². The Morgan fingerprint density at radius 3 is 2.78 bits per heavy atom. The molecule has 0 spiro atoms. The van der Waals surface area contributed by atoms with E-state index in [1.807, 2.05) is 6.07 Å². The lowest BCUT2D eigenvalue weighted by Gasteiger charge is -2.09. The van der Waals surface area contributed by atoms with Crippen LogP contribution in [0.25, 0.3) is 11.0 Å². The van der Waals surface area contributed by atoms with E-state index >= 15 is 0 Å². The van der Waals surface area contributed by atoms with Crippen molar-refractivity contribution in [2.24, 2.45) is 0 Å². The van der Waals surface area contributed by atoms with Gasteiger partial charge in [0.05, 0.1) is 12.7 Å². The van der Waals surface area contributed by atoms with Crippen molar-refractivity contribution in [1.82, 2.24) is 0 Å². The number of fused-ring (bicyclic) bond motifs is 1. The number of nitrogens with zero attached hydrogens (tertiary/aromatic N) is 1. The Morgan fingerprint density at radius 2 is 2.00 bits per heavy atom. The van der Waals surface area contributed by atoms with E-state index in [-0.39, 0.29) is 13.2 Å². The number of ether oxygens (including phenoxy) is 3. The van der Waals surface area contributed by atoms with Crippen LogP contribution in [0, 0.1) is 11.3 Å². The van der Waals surface area contributed by atoms with Crippen LogP contribution in [-0.2, 0) is 16.1 Å². The molecule has 2 aromatic carbocycles. The fourth-order valence-electron chi connectivity index (χ4n) is 2.48. The van der Waals surface area contributed by atoms with Gasteiger partial charge in [-0.3, -0.25) is 0 Å². The highest BCUT2D eigenvalue weighted by Crippen LogP contribution is 2.23. The normalized spacial score (nSPS) is 10.2. The maximum absolute atomic E-state index is 12.0. The molecule has 0 radical (unpaired) electrons. The molecule has 7 heteroatoms. The van der Waals surface area contributed by atoms with Gasteiger partial charge in [-0.15, -0.1) is 0 Å². The number of benzene rings is 2. The molecule has 0 aliphatic heterocycles. The maximum atomic E-state index is 12.0. The molecular formula is C20H15NO6. The fraction of sp³-hybridized carbons (Fsp3) is 0.150. The van der Waals surface area contributed by atoms with E-state index in [0.717, 1.165) is 0 Å². The number of rotatable bonds is 6. The highest BCUT2D eigenvalue weighted by molar-refractivity contribution is 5.81. The summed E-state index contributed by atoms with van der Waals surface area (Å²) in [6.45, 7) is -0.470. The van der Waals surface area contributed by atoms with Crippen molar-refractivity contribution in [3.05, 3.63) is 70.1 Å². The van der Waals surface area contributed by atoms with E-state index in [4.69, 9.17) is 23.9 Å². The molecule has 0 fully saturated rings. The monoisotopic (exact) mass is 365 g/mol. The molecule has 0 unspecified atom stereocenters. The smallest absolute Gasteiger partial charge is 0.344 e. The molecule has 0 bridgehead atoms. The lowest BCUT2D eigenvalue weighted by atomic mass is 10.1. The van der Waals surface area contributed by atoms with Crippen molar-refractivity contribution in [2.45, 2.75) is 6.61 Å². The van der Waals surface area contributed by atoms with Crippen LogP contribution in [0.3, 0.4) is 0 Å². The SMILES string of the molecule is COc1ccc2c(COC(=O)COc3ccccc3C#N)cc(=O)oc2c1. The average Bonchev–Trinajstić information content (AvgIpc) is 2.69. The van der Waals surface area contributed by atoms with Crippen molar-refractivity contribution < 1.29 is 23.4 Å². The first kappa shape index (κ1) is 18.0. The minimum Gasteiger partial charge on any atom is -0.497 e. The van der Waals surface area contributed by atoms with Crippen LogP contribution in [0.4, 0.5) is 0 Å². The first-order chi connectivity index (χ1) is 13.1. The lowest BCUT2D eigenvalue weighted by molar-refractivity contribution is -0.147. The molecule has 27 heavy (non-hydrogen) atoms. The van der Waals surface area contributed by atoms with Crippen LogP contribution in [-0.4, -0.2) is 19.7 Å². The molecule has 0 aliphatic rings. The maximum Gasteiger partial charge on any atom is 0.344 e. The first-order valence-corrected chi connectivity index (χ1v) is 7.99. The van der Waals surface area contributed by atoms with Crippen molar-refractivity contribution in [3.63, 3.8) is 0 Å². The summed E-state index contributed by atoms with van der Waals surface area (Å²) >= 11 is 0. The minimum absolute atomic E-state index is 0.115. The molecule has 0 saturated heterocycles. The average molecular weight is 365 g/mol. The highest BCUT2D eigenvalue weighted by atomic mass is 16.6. The summed E-state index contributed by atoms with van der Waals surface area (Å²) in [5.74, 6) is 0.219. The first-order valence-electron chi connectivity index (χ1n) is 7.99. The van der Waals surface area contributed by atoms with Gasteiger partial charge in [0.15, 0.2) is 6.61 Å². The van der Waals surface area contributed by atoms with E-state index in [9.17, 15) is 9.59 Å². The quantitative estimate of drug-likeness (QED) is 0.489. The zero-order chi connectivity index (χ0) is 19.2. The van der Waals surface area contributed by atoms with Crippen molar-refractivity contribution in [1.29, 1.82) is 5.26 Å². The molecule has 1 heterocycles. The zero-order valence-electron chi connectivity index (χ0n) is 14.4. The van der Waals surface area contributed by atoms with Gasteiger partial charge in [-0.1, -0.05) is 12.1 Å². The number of carbonyl (C=O) groups excluding carboxylic acids is 1. The van der Waals surface area contributed by atoms with E-state index in [1.165, 1.54) is 13.2 Å². The molecule has 1 aromatic heterocycles. The van der Waals surface area contributed by atoms with Gasteiger partial charge in [-0.2, -0.15) is 5.26 Å². The van der Waals surface area contributed by atoms with Crippen LogP contribution >= 0.6 is 0 Å². The number of hydrogen-bond donors (Lipinski definition) is 0. The van der Waals surface area contributed by atoms with Crippen LogP contribution in [0.1, 0.15) is 11.1 Å². The van der Waals surface area contributed by atoms with Crippen LogP contribution in [0.5, 0.6) is 11.5 Å². The summed E-state index contributed by atoms with van der Waals surface area (Å²) in [5.41, 5.74) is 0.619. The molecular weight excluding hydrogens is 350 g/mol. The zero-order valence-corrected chi connectivity index (χ0v) is 14.4. The van der Waals surface area contributed by atoms with Gasteiger partial charge in [0.25, 0.3) is 0 Å². The second-order valence-corrected chi connectivity index (χ2v) is 5.51. The summed E-state index contributed by atoms with van der Waals surface area (Å²) < 4.78 is 20.8. The van der Waals surface area contributed by atoms with Gasteiger partial charge >= 0.3 is 11.6 Å². The summed E-state index contributed by atoms with van der Waals surface area (Å²) in [4.78, 5) is 23.7. The Kier molecular flexibility index (Phi) is 5.38. The summed E-state index contributed by atoms with van der Waals surface area (Å²) in [7, 11) is 1.51. The molecule has 0 amide bonds. The van der Waals surface area contributed by atoms with Crippen molar-refractivity contribution in [3.8, 4) is 17.6 Å². The lowest BCUT2D eigenvalue weighted by Crippen LogP contribution is -2.15. The Bertz CT molecular complexity index is 1080. The largest absolute Gasteiger partial charge is 0.497 e. The molecule has 0 saturated carbocycles. The van der Waals surface area contributed by atoms with E-state index in [0.29, 0.717) is 33.6 Å². The van der Waals surface area contributed by atoms with Gasteiger partial charge in [-0.05, 0) is 24.3 Å². The number of carbonyl (C=O) groups is 1. The predicted octanol–water partition coefficient (Wildman–Crippen LogP) is 2.80. The molecule has 0 atom stereocenters. The van der Waals surface area contributed by atoms with Crippen LogP contribution < -0.4 is 15.1 Å². The van der Waals surface area contributed by atoms with E-state index in [2.05, 4.69) is 0 Å². The van der Waals surface area contributed by atoms with Gasteiger partial charge < -0.3 is 18.6 Å². The highest BCUT2D eigenvalue weighted by Gasteiger charge is 2.11. The Labute approximate surface area is 154 Å². The van der Waals surface area contributed by atoms with E-state index < -0.39 is 11.6 Å². The Balaban J connectivity index is 1.68. The molecule has 0 aliphatic carbocycles. The molecule has 7 nitrogen and oxygen atoms in total. The van der Waals surface area contributed by atoms with Crippen LogP contribution in [0.2, 0.25) is 0 Å². The molecule has 0 N–H and O–H groups in total. The number of para-hydroxylation sites is 1. The third-order valence-corrected chi connectivity index (χ3v) is 3.78. The topological polar surface area (TPSA) is 98.8 Å². The van der Waals surface area contributed by atoms with Gasteiger partial charge in [0, 0.05) is 23.1 Å². The standard InChI is InChI=1S/C20H15NO6/c1-24-15-6-7-16-14(8-19(22)27-18(16)9-15)11-26-20(23)12-25-17-5-3-2-4-13(17)10-21/h2-9H,11-12H2,1H3. The number of esters is 1. The number of hydrogen-bond acceptors (Lipinski definition) is 7. The second-order valence-electron chi connectivity index (χ2n) is 5.51. The molecule has 136 valence electrons. The van der Waals surface area contributed by atoms with Crippen LogP contribution in [0.15, 0.2) is 57.7 Å². The van der Waals surface area contributed by atoms with Crippen molar-refractivity contribution in [2.75, 3.05) is 13.7 Å². The second kappa shape index (κ2) is 8.06. The Hall–Kier alpha value is -3.79. The molecule has 3 rings (SSSR count). The van der Waals surface area contributed by atoms with Crippen molar-refractivity contribution >= 4 is 16.9 Å². The van der Waals surface area contributed by atoms with Gasteiger partial charge in [-0.25, -0.2) is 9.59 Å². The minimum atomic E-state index is -0.627. The number of methoxy groups -OCH3 is 1. The Morgan fingerprint density at radius 1 is 1.19 bits per heavy atom. The molecule has 3 aromatic rings. The summed E-state index contributed by atoms with van der Waals surface area (Å²) in [5, 5.41) is 9.64. The third kappa shape index (κ3) is 4.25. The fourth-order valence-corrected chi connectivity index (χ4v) is 2.48. The van der Waals surface area contributed by atoms with Gasteiger partial charge in [0.2, 0.25) is 0 Å². The predicted molar refractivity (Wildman–Crippen MR) is 95.5 cm³/mol. The number of nitriles is 1. The summed E-state index contributed by atoms with van der Waals surface area (Å²) in [6.07, 6.45) is 0. The van der Waals surface area contributed by atoms with E-state index in [1.54, 1.807) is 42.5 Å². The summed E-state index contributed by atoms with van der Waals surface area (Å²) in [6, 6.07) is 14.9.